The quantitative estimate of drug-likeness (QED) is 0.800. The molecular weight excluding hydrogens is 366 g/mol. The number of rotatable bonds is 5. The van der Waals surface area contributed by atoms with Crippen LogP contribution in [-0.2, 0) is 26.0 Å². The van der Waals surface area contributed by atoms with Gasteiger partial charge in [-0.2, -0.15) is 0 Å². The molecule has 0 radical (unpaired) electrons. The van der Waals surface area contributed by atoms with Gasteiger partial charge >= 0.3 is 0 Å². The number of fused-ring (bicyclic) bond motifs is 1. The van der Waals surface area contributed by atoms with E-state index in [0.29, 0.717) is 24.9 Å². The molecule has 2 aliphatic rings. The van der Waals surface area contributed by atoms with Crippen molar-refractivity contribution in [3.05, 3.63) is 23.8 Å². The van der Waals surface area contributed by atoms with Crippen LogP contribution in [0.3, 0.4) is 0 Å². The van der Waals surface area contributed by atoms with Crippen molar-refractivity contribution in [3.63, 3.8) is 0 Å². The molecule has 27 heavy (non-hydrogen) atoms. The zero-order valence-corrected chi connectivity index (χ0v) is 16.3. The predicted octanol–water partition coefficient (Wildman–Crippen LogP) is 2.03. The molecule has 3 rings (SSSR count). The summed E-state index contributed by atoms with van der Waals surface area (Å²) in [6.45, 7) is 1.62. The maximum atomic E-state index is 12.6. The Morgan fingerprint density at radius 1 is 1.07 bits per heavy atom. The summed E-state index contributed by atoms with van der Waals surface area (Å²) in [5.74, 6) is -0.0428. The summed E-state index contributed by atoms with van der Waals surface area (Å²) in [6.07, 6.45) is 6.29. The summed E-state index contributed by atoms with van der Waals surface area (Å²) in [5, 5.41) is 2.80. The number of carbonyl (C=O) groups excluding carboxylic acids is 2. The molecule has 1 saturated heterocycles. The average Bonchev–Trinajstić information content (AvgIpc) is 3.01. The van der Waals surface area contributed by atoms with Crippen molar-refractivity contribution < 1.29 is 18.0 Å². The highest BCUT2D eigenvalue weighted by Crippen LogP contribution is 2.25. The predicted molar refractivity (Wildman–Crippen MR) is 103 cm³/mol. The Bertz CT molecular complexity index is 799. The first kappa shape index (κ1) is 19.8. The number of sulfonamides is 1. The standard InChI is InChI=1S/C19H27N3O4S/c23-18-7-5-6-15-14-16(8-9-17(15)21-18)27(25,26)20-11-10-19(24)22-12-3-1-2-4-13-22/h8-9,14,20H,1-7,10-13H2,(H,21,23). The van der Waals surface area contributed by atoms with Gasteiger partial charge < -0.3 is 10.2 Å². The first-order valence-corrected chi connectivity index (χ1v) is 11.1. The van der Waals surface area contributed by atoms with Crippen LogP contribution >= 0.6 is 0 Å². The van der Waals surface area contributed by atoms with Crippen LogP contribution in [-0.4, -0.2) is 44.8 Å². The second-order valence-electron chi connectivity index (χ2n) is 7.16. The third-order valence-corrected chi connectivity index (χ3v) is 6.56. The number of anilines is 1. The molecule has 7 nitrogen and oxygen atoms in total. The number of aryl methyl sites for hydroxylation is 1. The maximum absolute atomic E-state index is 12.6. The molecule has 1 fully saturated rings. The van der Waals surface area contributed by atoms with Gasteiger partial charge in [0.05, 0.1) is 4.90 Å². The van der Waals surface area contributed by atoms with Gasteiger partial charge in [-0.25, -0.2) is 13.1 Å². The summed E-state index contributed by atoms with van der Waals surface area (Å²) in [4.78, 5) is 25.9. The van der Waals surface area contributed by atoms with Crippen molar-refractivity contribution in [1.82, 2.24) is 9.62 Å². The number of nitrogens with one attached hydrogen (secondary N) is 2. The lowest BCUT2D eigenvalue weighted by Gasteiger charge is -2.20. The molecule has 1 aromatic rings. The van der Waals surface area contributed by atoms with Crippen LogP contribution in [0.25, 0.3) is 0 Å². The lowest BCUT2D eigenvalue weighted by Crippen LogP contribution is -2.35. The van der Waals surface area contributed by atoms with Crippen molar-refractivity contribution in [3.8, 4) is 0 Å². The lowest BCUT2D eigenvalue weighted by atomic mass is 10.1. The van der Waals surface area contributed by atoms with Gasteiger partial charge in [-0.3, -0.25) is 9.59 Å². The second kappa shape index (κ2) is 8.84. The third-order valence-electron chi connectivity index (χ3n) is 5.10. The highest BCUT2D eigenvalue weighted by Gasteiger charge is 2.20. The fraction of sp³-hybridized carbons (Fsp3) is 0.579. The molecule has 148 valence electrons. The Hall–Kier alpha value is -1.93. The Kier molecular flexibility index (Phi) is 6.49. The molecule has 2 aliphatic heterocycles. The van der Waals surface area contributed by atoms with Gasteiger partial charge in [-0.15, -0.1) is 0 Å². The van der Waals surface area contributed by atoms with E-state index < -0.39 is 10.0 Å². The van der Waals surface area contributed by atoms with Crippen molar-refractivity contribution in [2.45, 2.75) is 56.3 Å². The van der Waals surface area contributed by atoms with Crippen LogP contribution in [0.2, 0.25) is 0 Å². The van der Waals surface area contributed by atoms with E-state index in [1.54, 1.807) is 12.1 Å². The van der Waals surface area contributed by atoms with E-state index in [0.717, 1.165) is 44.3 Å². The number of carbonyl (C=O) groups is 2. The van der Waals surface area contributed by atoms with Gasteiger partial charge in [0.25, 0.3) is 0 Å². The summed E-state index contributed by atoms with van der Waals surface area (Å²) >= 11 is 0. The summed E-state index contributed by atoms with van der Waals surface area (Å²) in [5.41, 5.74) is 1.50. The molecule has 0 saturated carbocycles. The van der Waals surface area contributed by atoms with Crippen LogP contribution in [0, 0.1) is 0 Å². The molecule has 0 spiro atoms. The van der Waals surface area contributed by atoms with E-state index in [1.807, 2.05) is 4.90 Å². The minimum atomic E-state index is -3.69. The van der Waals surface area contributed by atoms with E-state index in [1.165, 1.54) is 6.07 Å². The molecule has 0 aromatic heterocycles. The highest BCUT2D eigenvalue weighted by molar-refractivity contribution is 7.89. The van der Waals surface area contributed by atoms with E-state index in [4.69, 9.17) is 0 Å². The van der Waals surface area contributed by atoms with Crippen molar-refractivity contribution in [1.29, 1.82) is 0 Å². The maximum Gasteiger partial charge on any atom is 0.240 e. The Morgan fingerprint density at radius 2 is 1.81 bits per heavy atom. The molecule has 0 atom stereocenters. The topological polar surface area (TPSA) is 95.6 Å². The third kappa shape index (κ3) is 5.29. The van der Waals surface area contributed by atoms with Gasteiger partial charge in [-0.05, 0) is 49.4 Å². The molecule has 0 aliphatic carbocycles. The van der Waals surface area contributed by atoms with Gasteiger partial charge in [0.15, 0.2) is 0 Å². The lowest BCUT2D eigenvalue weighted by molar-refractivity contribution is -0.131. The van der Waals surface area contributed by atoms with E-state index in [-0.39, 0.29) is 29.7 Å². The smallest absolute Gasteiger partial charge is 0.240 e. The molecule has 0 unspecified atom stereocenters. The van der Waals surface area contributed by atoms with Crippen molar-refractivity contribution >= 4 is 27.5 Å². The number of likely N-dealkylation sites (tertiary alicyclic amines) is 1. The van der Waals surface area contributed by atoms with E-state index in [9.17, 15) is 18.0 Å². The Labute approximate surface area is 160 Å². The number of hydrogen-bond donors (Lipinski definition) is 2. The highest BCUT2D eigenvalue weighted by atomic mass is 32.2. The fourth-order valence-electron chi connectivity index (χ4n) is 3.57. The zero-order chi connectivity index (χ0) is 19.3. The van der Waals surface area contributed by atoms with Crippen LogP contribution in [0.5, 0.6) is 0 Å². The first-order valence-electron chi connectivity index (χ1n) is 9.66. The van der Waals surface area contributed by atoms with Gasteiger partial charge in [0.1, 0.15) is 0 Å². The normalized spacial score (nSPS) is 18.2. The molecule has 2 amide bonds. The Morgan fingerprint density at radius 3 is 2.56 bits per heavy atom. The summed E-state index contributed by atoms with van der Waals surface area (Å²) in [6, 6.07) is 4.73. The van der Waals surface area contributed by atoms with Gasteiger partial charge in [0, 0.05) is 38.2 Å². The van der Waals surface area contributed by atoms with Crippen molar-refractivity contribution in [2.75, 3.05) is 25.0 Å². The van der Waals surface area contributed by atoms with Gasteiger partial charge in [-0.1, -0.05) is 12.8 Å². The summed E-state index contributed by atoms with van der Waals surface area (Å²) in [7, 11) is -3.69. The first-order chi connectivity index (χ1) is 13.0. The molecule has 1 aromatic carbocycles. The molecule has 8 heteroatoms. The average molecular weight is 394 g/mol. The number of benzene rings is 1. The Balaban J connectivity index is 1.59. The molecule has 2 heterocycles. The van der Waals surface area contributed by atoms with Crippen LogP contribution in [0.4, 0.5) is 5.69 Å². The minimum absolute atomic E-state index is 0.00393. The molecule has 0 bridgehead atoms. The second-order valence-corrected chi connectivity index (χ2v) is 8.93. The molecule has 2 N–H and O–H groups in total. The number of amides is 2. The number of nitrogens with zero attached hydrogens (tertiary/aromatic N) is 1. The largest absolute Gasteiger partial charge is 0.343 e. The van der Waals surface area contributed by atoms with Gasteiger partial charge in [0.2, 0.25) is 21.8 Å². The number of hydrogen-bond acceptors (Lipinski definition) is 4. The zero-order valence-electron chi connectivity index (χ0n) is 15.5. The van der Waals surface area contributed by atoms with Crippen LogP contribution in [0.1, 0.15) is 50.5 Å². The van der Waals surface area contributed by atoms with E-state index in [2.05, 4.69) is 10.0 Å². The van der Waals surface area contributed by atoms with E-state index >= 15 is 0 Å². The SMILES string of the molecule is O=C1CCCc2cc(S(=O)(=O)NCCC(=O)N3CCCCCC3)ccc2N1. The summed E-state index contributed by atoms with van der Waals surface area (Å²) < 4.78 is 27.6. The van der Waals surface area contributed by atoms with Crippen LogP contribution < -0.4 is 10.0 Å². The van der Waals surface area contributed by atoms with Crippen LogP contribution in [0.15, 0.2) is 23.1 Å². The minimum Gasteiger partial charge on any atom is -0.343 e. The monoisotopic (exact) mass is 393 g/mol. The molecular formula is C19H27N3O4S. The fourth-order valence-corrected chi connectivity index (χ4v) is 4.65. The van der Waals surface area contributed by atoms with Crippen molar-refractivity contribution in [2.24, 2.45) is 0 Å².